The molecule has 1 unspecified atom stereocenters. The molecule has 0 spiro atoms. The summed E-state index contributed by atoms with van der Waals surface area (Å²) in [5, 5.41) is 0.539. The van der Waals surface area contributed by atoms with Gasteiger partial charge in [0.25, 0.3) is 5.56 Å². The molecule has 0 radical (unpaired) electrons. The zero-order valence-electron chi connectivity index (χ0n) is 15.1. The van der Waals surface area contributed by atoms with Gasteiger partial charge in [-0.3, -0.25) is 14.1 Å². The zero-order valence-corrected chi connectivity index (χ0v) is 15.9. The van der Waals surface area contributed by atoms with Gasteiger partial charge in [-0.25, -0.2) is 4.98 Å². The monoisotopic (exact) mass is 379 g/mol. The molecule has 0 N–H and O–H groups in total. The Morgan fingerprint density at radius 1 is 1.15 bits per heavy atom. The van der Waals surface area contributed by atoms with E-state index in [1.165, 1.54) is 47.6 Å². The summed E-state index contributed by atoms with van der Waals surface area (Å²) in [5.74, 6) is 0. The normalized spacial score (nSPS) is 19.4. The van der Waals surface area contributed by atoms with Crippen molar-refractivity contribution in [1.29, 1.82) is 0 Å². The van der Waals surface area contributed by atoms with Crippen molar-refractivity contribution in [3.63, 3.8) is 0 Å². The van der Waals surface area contributed by atoms with Crippen LogP contribution in [0.2, 0.25) is 5.02 Å². The smallest absolute Gasteiger partial charge is 0.258 e. The minimum Gasteiger partial charge on any atom is -0.288 e. The molecular weight excluding hydrogens is 358 g/mol. The van der Waals surface area contributed by atoms with Crippen molar-refractivity contribution in [3.8, 4) is 0 Å². The van der Waals surface area contributed by atoms with E-state index in [1.807, 2.05) is 6.07 Å². The average Bonchev–Trinajstić information content (AvgIpc) is 3.52. The molecule has 0 bridgehead atoms. The van der Waals surface area contributed by atoms with Crippen LogP contribution < -0.4 is 5.56 Å². The van der Waals surface area contributed by atoms with E-state index in [0.717, 1.165) is 12.2 Å². The molecule has 138 valence electrons. The first-order chi connectivity index (χ1) is 13.2. The molecule has 5 rings (SSSR count). The minimum atomic E-state index is -0.0720. The Balaban J connectivity index is 1.51. The molecule has 0 aliphatic heterocycles. The molecule has 1 atom stereocenters. The Hall–Kier alpha value is -2.17. The molecule has 4 nitrogen and oxygen atoms in total. The van der Waals surface area contributed by atoms with Crippen molar-refractivity contribution < 1.29 is 0 Å². The van der Waals surface area contributed by atoms with E-state index in [1.54, 1.807) is 18.3 Å². The molecule has 5 heteroatoms. The molecule has 0 amide bonds. The molecule has 27 heavy (non-hydrogen) atoms. The maximum atomic E-state index is 12.5. The molecule has 1 fully saturated rings. The molecule has 2 heterocycles. The van der Waals surface area contributed by atoms with Gasteiger partial charge < -0.3 is 0 Å². The summed E-state index contributed by atoms with van der Waals surface area (Å²) in [4.78, 5) is 19.9. The number of rotatable bonds is 4. The maximum Gasteiger partial charge on any atom is 0.258 e. The third kappa shape index (κ3) is 3.28. The second kappa shape index (κ2) is 6.77. The summed E-state index contributed by atoms with van der Waals surface area (Å²) >= 11 is 6.02. The van der Waals surface area contributed by atoms with Crippen LogP contribution in [0.4, 0.5) is 0 Å². The number of nitrogens with zero attached hydrogens (tertiary/aromatic N) is 3. The van der Waals surface area contributed by atoms with Crippen LogP contribution in [-0.4, -0.2) is 20.3 Å². The van der Waals surface area contributed by atoms with Crippen LogP contribution >= 0.6 is 11.6 Å². The van der Waals surface area contributed by atoms with Gasteiger partial charge in [-0.2, -0.15) is 0 Å². The molecule has 2 aliphatic carbocycles. The first kappa shape index (κ1) is 17.0. The van der Waals surface area contributed by atoms with Crippen molar-refractivity contribution in [2.24, 2.45) is 0 Å². The Morgan fingerprint density at radius 2 is 2.00 bits per heavy atom. The fraction of sp³-hybridized carbons (Fsp3) is 0.364. The second-order valence-electron chi connectivity index (χ2n) is 7.67. The van der Waals surface area contributed by atoms with Gasteiger partial charge in [0.2, 0.25) is 0 Å². The highest BCUT2D eigenvalue weighted by Crippen LogP contribution is 2.41. The van der Waals surface area contributed by atoms with Gasteiger partial charge in [0, 0.05) is 30.9 Å². The van der Waals surface area contributed by atoms with Gasteiger partial charge in [-0.15, -0.1) is 0 Å². The lowest BCUT2D eigenvalue weighted by Crippen LogP contribution is -2.33. The molecule has 2 aromatic heterocycles. The third-order valence-electron chi connectivity index (χ3n) is 5.78. The van der Waals surface area contributed by atoms with Crippen molar-refractivity contribution in [3.05, 3.63) is 80.9 Å². The van der Waals surface area contributed by atoms with Crippen LogP contribution in [0.15, 0.2) is 53.5 Å². The van der Waals surface area contributed by atoms with Crippen molar-refractivity contribution in [2.45, 2.75) is 50.7 Å². The SMILES string of the molecule is O=c1cc(CN(C2CC2)C2CCCc3ccccc32)nc2ccc(Cl)cn12. The third-order valence-corrected chi connectivity index (χ3v) is 6.00. The second-order valence-corrected chi connectivity index (χ2v) is 8.11. The number of fused-ring (bicyclic) bond motifs is 2. The summed E-state index contributed by atoms with van der Waals surface area (Å²) in [7, 11) is 0. The molecule has 1 saturated carbocycles. The van der Waals surface area contributed by atoms with E-state index in [-0.39, 0.29) is 5.56 Å². The highest BCUT2D eigenvalue weighted by atomic mass is 35.5. The van der Waals surface area contributed by atoms with Gasteiger partial charge in [-0.1, -0.05) is 35.9 Å². The molecule has 0 saturated heterocycles. The lowest BCUT2D eigenvalue weighted by Gasteiger charge is -2.36. The van der Waals surface area contributed by atoms with Gasteiger partial charge >= 0.3 is 0 Å². The molecule has 3 aromatic rings. The van der Waals surface area contributed by atoms with E-state index in [2.05, 4.69) is 29.2 Å². The van der Waals surface area contributed by atoms with E-state index < -0.39 is 0 Å². The summed E-state index contributed by atoms with van der Waals surface area (Å²) in [6.45, 7) is 0.720. The van der Waals surface area contributed by atoms with Crippen LogP contribution in [0.3, 0.4) is 0 Å². The summed E-state index contributed by atoms with van der Waals surface area (Å²) in [5.41, 5.74) is 4.36. The van der Waals surface area contributed by atoms with E-state index in [9.17, 15) is 4.79 Å². The zero-order chi connectivity index (χ0) is 18.4. The number of hydrogen-bond acceptors (Lipinski definition) is 3. The number of benzene rings is 1. The topological polar surface area (TPSA) is 37.6 Å². The van der Waals surface area contributed by atoms with E-state index in [0.29, 0.717) is 22.8 Å². The van der Waals surface area contributed by atoms with Crippen LogP contribution in [0, 0.1) is 0 Å². The summed E-state index contributed by atoms with van der Waals surface area (Å²) in [6, 6.07) is 15.1. The number of halogens is 1. The predicted octanol–water partition coefficient (Wildman–Crippen LogP) is 4.39. The first-order valence-electron chi connectivity index (χ1n) is 9.70. The standard InChI is InChI=1S/C22H22ClN3O/c23-16-8-11-21-24-17(12-22(27)26(21)13-16)14-25(18-9-10-18)20-7-3-5-15-4-1-2-6-19(15)20/h1-2,4,6,8,11-13,18,20H,3,5,7,9-10,14H2. The van der Waals surface area contributed by atoms with Crippen LogP contribution in [-0.2, 0) is 13.0 Å². The fourth-order valence-corrected chi connectivity index (χ4v) is 4.53. The lowest BCUT2D eigenvalue weighted by molar-refractivity contribution is 0.158. The molecular formula is C22H22ClN3O. The fourth-order valence-electron chi connectivity index (χ4n) is 4.37. The van der Waals surface area contributed by atoms with Gasteiger partial charge in [0.15, 0.2) is 0 Å². The molecule has 1 aromatic carbocycles. The van der Waals surface area contributed by atoms with Gasteiger partial charge in [0.05, 0.1) is 10.7 Å². The maximum absolute atomic E-state index is 12.5. The number of hydrogen-bond donors (Lipinski definition) is 0. The van der Waals surface area contributed by atoms with Crippen LogP contribution in [0.5, 0.6) is 0 Å². The lowest BCUT2D eigenvalue weighted by atomic mass is 9.86. The summed E-state index contributed by atoms with van der Waals surface area (Å²) in [6.07, 6.45) is 7.67. The number of aryl methyl sites for hydroxylation is 1. The van der Waals surface area contributed by atoms with Crippen LogP contribution in [0.1, 0.15) is 48.5 Å². The van der Waals surface area contributed by atoms with E-state index in [4.69, 9.17) is 16.6 Å². The molecule has 2 aliphatic rings. The quantitative estimate of drug-likeness (QED) is 0.674. The van der Waals surface area contributed by atoms with Crippen LogP contribution in [0.25, 0.3) is 5.65 Å². The Bertz CT molecular complexity index is 1060. The Labute approximate surface area is 163 Å². The Morgan fingerprint density at radius 3 is 2.85 bits per heavy atom. The van der Waals surface area contributed by atoms with Crippen molar-refractivity contribution in [1.82, 2.24) is 14.3 Å². The summed E-state index contributed by atoms with van der Waals surface area (Å²) < 4.78 is 1.52. The first-order valence-corrected chi connectivity index (χ1v) is 10.1. The largest absolute Gasteiger partial charge is 0.288 e. The van der Waals surface area contributed by atoms with Gasteiger partial charge in [-0.05, 0) is 55.4 Å². The minimum absolute atomic E-state index is 0.0720. The van der Waals surface area contributed by atoms with Crippen molar-refractivity contribution >= 4 is 17.2 Å². The number of aromatic nitrogens is 2. The van der Waals surface area contributed by atoms with Crippen molar-refractivity contribution in [2.75, 3.05) is 0 Å². The highest BCUT2D eigenvalue weighted by Gasteiger charge is 2.36. The highest BCUT2D eigenvalue weighted by molar-refractivity contribution is 6.30. The van der Waals surface area contributed by atoms with Gasteiger partial charge in [0.1, 0.15) is 5.65 Å². The van der Waals surface area contributed by atoms with E-state index >= 15 is 0 Å². The Kier molecular flexibility index (Phi) is 4.25. The number of pyridine rings is 1. The predicted molar refractivity (Wildman–Crippen MR) is 107 cm³/mol. The average molecular weight is 380 g/mol.